The smallest absolute Gasteiger partial charge is 0.337 e. The highest BCUT2D eigenvalue weighted by Gasteiger charge is 2.47. The van der Waals surface area contributed by atoms with Gasteiger partial charge < -0.3 is 14.8 Å². The number of esters is 2. The van der Waals surface area contributed by atoms with E-state index in [1.807, 2.05) is 0 Å². The summed E-state index contributed by atoms with van der Waals surface area (Å²) in [6, 6.07) is 4.71. The number of ether oxygens (including phenoxy) is 2. The molecule has 0 saturated heterocycles. The molecule has 186 valence electrons. The number of carbonyl (C=O) groups is 3. The molecule has 1 aromatic rings. The Balaban J connectivity index is 1.86. The first-order chi connectivity index (χ1) is 16.6. The quantitative estimate of drug-likeness (QED) is 0.289. The molecule has 35 heavy (non-hydrogen) atoms. The largest absolute Gasteiger partial charge is 0.468 e. The molecule has 1 fully saturated rings. The van der Waals surface area contributed by atoms with Crippen LogP contribution in [-0.2, 0) is 23.9 Å². The number of ketones is 1. The average Bonchev–Trinajstić information content (AvgIpc) is 3.31. The van der Waals surface area contributed by atoms with Crippen LogP contribution in [-0.4, -0.2) is 35.9 Å². The number of allylic oxidation sites excluding steroid dienone is 3. The van der Waals surface area contributed by atoms with E-state index in [9.17, 15) is 24.5 Å². The highest BCUT2D eigenvalue weighted by Crippen LogP contribution is 2.46. The lowest BCUT2D eigenvalue weighted by Crippen LogP contribution is -2.43. The van der Waals surface area contributed by atoms with E-state index in [1.54, 1.807) is 32.9 Å². The lowest BCUT2D eigenvalue weighted by molar-refractivity contribution is -0.385. The van der Waals surface area contributed by atoms with E-state index in [1.165, 1.54) is 13.2 Å². The Bertz CT molecular complexity index is 1160. The van der Waals surface area contributed by atoms with Crippen molar-refractivity contribution in [1.82, 2.24) is 5.32 Å². The molecule has 3 aliphatic rings. The standard InChI is InChI=1S/C26H30N2O7/c1-13-9-10-16(12-19(13)28(32)33)22-21(26(31)35-17-7-5-6-8-17)15(3)27-18-11-14(2)20(25(30)34-4)24(29)23(18)22/h9-10,12,14,17,20,22,27H,5-8,11H2,1-4H3/t14-,20+,22+/m1/s1. The van der Waals surface area contributed by atoms with Gasteiger partial charge in [-0.25, -0.2) is 4.79 Å². The van der Waals surface area contributed by atoms with Gasteiger partial charge >= 0.3 is 11.9 Å². The monoisotopic (exact) mass is 482 g/mol. The number of rotatable bonds is 5. The molecular formula is C26H30N2O7. The molecule has 0 amide bonds. The molecule has 0 bridgehead atoms. The summed E-state index contributed by atoms with van der Waals surface area (Å²) in [7, 11) is 1.24. The molecule has 2 aliphatic carbocycles. The van der Waals surface area contributed by atoms with Gasteiger partial charge in [0.1, 0.15) is 12.0 Å². The van der Waals surface area contributed by atoms with Crippen molar-refractivity contribution in [2.45, 2.75) is 64.9 Å². The van der Waals surface area contributed by atoms with Gasteiger partial charge in [-0.15, -0.1) is 0 Å². The molecule has 1 aromatic carbocycles. The van der Waals surface area contributed by atoms with Gasteiger partial charge in [0.05, 0.1) is 17.6 Å². The number of methoxy groups -OCH3 is 1. The molecule has 3 atom stereocenters. The SMILES string of the molecule is COC(=O)[C@@H]1C(=O)C2=C(C[C@H]1C)NC(C)=C(C(=O)OC1CCCC1)[C@@H]2c1ccc(C)c([N+](=O)[O-])c1. The van der Waals surface area contributed by atoms with E-state index in [0.29, 0.717) is 28.9 Å². The fourth-order valence-electron chi connectivity index (χ4n) is 5.51. The number of nitrogens with one attached hydrogen (secondary N) is 1. The van der Waals surface area contributed by atoms with Crippen LogP contribution in [0.2, 0.25) is 0 Å². The van der Waals surface area contributed by atoms with E-state index in [0.717, 1.165) is 25.7 Å². The molecule has 0 radical (unpaired) electrons. The molecule has 0 spiro atoms. The molecule has 1 aliphatic heterocycles. The fourth-order valence-corrected chi connectivity index (χ4v) is 5.51. The number of benzene rings is 1. The summed E-state index contributed by atoms with van der Waals surface area (Å²) in [5.41, 5.74) is 2.45. The molecule has 1 heterocycles. The van der Waals surface area contributed by atoms with E-state index in [4.69, 9.17) is 9.47 Å². The van der Waals surface area contributed by atoms with Crippen LogP contribution in [0.3, 0.4) is 0 Å². The number of nitro groups is 1. The zero-order valence-electron chi connectivity index (χ0n) is 20.4. The lowest BCUT2D eigenvalue weighted by atomic mass is 9.69. The van der Waals surface area contributed by atoms with Crippen LogP contribution in [0.4, 0.5) is 5.69 Å². The average molecular weight is 483 g/mol. The van der Waals surface area contributed by atoms with E-state index < -0.39 is 34.5 Å². The second-order valence-corrected chi connectivity index (χ2v) is 9.65. The molecule has 9 nitrogen and oxygen atoms in total. The highest BCUT2D eigenvalue weighted by molar-refractivity contribution is 6.12. The Morgan fingerprint density at radius 1 is 1.17 bits per heavy atom. The summed E-state index contributed by atoms with van der Waals surface area (Å²) in [5.74, 6) is -3.86. The predicted molar refractivity (Wildman–Crippen MR) is 126 cm³/mol. The van der Waals surface area contributed by atoms with Crippen LogP contribution in [0.1, 0.15) is 63.0 Å². The minimum Gasteiger partial charge on any atom is -0.468 e. The van der Waals surface area contributed by atoms with Crippen molar-refractivity contribution >= 4 is 23.4 Å². The first kappa shape index (κ1) is 24.6. The Hall–Kier alpha value is -3.49. The second kappa shape index (κ2) is 9.64. The Morgan fingerprint density at radius 2 is 1.86 bits per heavy atom. The number of hydrogen-bond donors (Lipinski definition) is 1. The number of Topliss-reactive ketones (excluding diaryl/α,β-unsaturated/α-hetero) is 1. The first-order valence-electron chi connectivity index (χ1n) is 11.9. The third-order valence-electron chi connectivity index (χ3n) is 7.30. The van der Waals surface area contributed by atoms with Gasteiger partial charge in [-0.2, -0.15) is 0 Å². The normalized spacial score (nSPS) is 24.7. The topological polar surface area (TPSA) is 125 Å². The molecule has 4 rings (SSSR count). The third-order valence-corrected chi connectivity index (χ3v) is 7.30. The molecule has 1 saturated carbocycles. The maximum atomic E-state index is 13.8. The van der Waals surface area contributed by atoms with Crippen molar-refractivity contribution in [3.8, 4) is 0 Å². The summed E-state index contributed by atoms with van der Waals surface area (Å²) < 4.78 is 10.7. The molecule has 0 unspecified atom stereocenters. The second-order valence-electron chi connectivity index (χ2n) is 9.65. The Morgan fingerprint density at radius 3 is 2.49 bits per heavy atom. The van der Waals surface area contributed by atoms with Crippen LogP contribution in [0.5, 0.6) is 0 Å². The molecule has 1 N–H and O–H groups in total. The summed E-state index contributed by atoms with van der Waals surface area (Å²) in [4.78, 5) is 51.0. The minimum absolute atomic E-state index is 0.106. The van der Waals surface area contributed by atoms with Crippen LogP contribution in [0, 0.1) is 28.9 Å². The van der Waals surface area contributed by atoms with Crippen LogP contribution in [0.25, 0.3) is 0 Å². The number of aryl methyl sites for hydroxylation is 1. The van der Waals surface area contributed by atoms with Crippen molar-refractivity contribution in [1.29, 1.82) is 0 Å². The molecule has 0 aromatic heterocycles. The van der Waals surface area contributed by atoms with Crippen molar-refractivity contribution < 1.29 is 28.8 Å². The van der Waals surface area contributed by atoms with E-state index in [2.05, 4.69) is 5.32 Å². The number of hydrogen-bond acceptors (Lipinski definition) is 8. The van der Waals surface area contributed by atoms with Crippen molar-refractivity contribution in [2.75, 3.05) is 7.11 Å². The summed E-state index contributed by atoms with van der Waals surface area (Å²) in [6.45, 7) is 5.18. The van der Waals surface area contributed by atoms with Gasteiger partial charge in [0.15, 0.2) is 5.78 Å². The highest BCUT2D eigenvalue weighted by atomic mass is 16.6. The minimum atomic E-state index is -1.02. The maximum absolute atomic E-state index is 13.8. The maximum Gasteiger partial charge on any atom is 0.337 e. The van der Waals surface area contributed by atoms with Crippen LogP contribution >= 0.6 is 0 Å². The van der Waals surface area contributed by atoms with E-state index >= 15 is 0 Å². The van der Waals surface area contributed by atoms with Gasteiger partial charge in [-0.1, -0.05) is 19.1 Å². The molecule has 9 heteroatoms. The van der Waals surface area contributed by atoms with Crippen molar-refractivity contribution in [3.05, 3.63) is 62.0 Å². The van der Waals surface area contributed by atoms with Crippen LogP contribution in [0.15, 0.2) is 40.7 Å². The Labute approximate surface area is 203 Å². The number of nitro benzene ring substituents is 1. The van der Waals surface area contributed by atoms with Gasteiger partial charge in [0, 0.05) is 34.5 Å². The molecular weight excluding hydrogens is 452 g/mol. The van der Waals surface area contributed by atoms with Crippen molar-refractivity contribution in [2.24, 2.45) is 11.8 Å². The summed E-state index contributed by atoms with van der Waals surface area (Å²) >= 11 is 0. The van der Waals surface area contributed by atoms with Gasteiger partial charge in [-0.3, -0.25) is 19.7 Å². The van der Waals surface area contributed by atoms with E-state index in [-0.39, 0.29) is 28.9 Å². The zero-order chi connectivity index (χ0) is 25.4. The summed E-state index contributed by atoms with van der Waals surface area (Å²) in [5, 5.41) is 14.9. The van der Waals surface area contributed by atoms with Gasteiger partial charge in [-0.05, 0) is 57.4 Å². The third kappa shape index (κ3) is 4.47. The van der Waals surface area contributed by atoms with Crippen molar-refractivity contribution in [3.63, 3.8) is 0 Å². The van der Waals surface area contributed by atoms with Crippen LogP contribution < -0.4 is 5.32 Å². The van der Waals surface area contributed by atoms with Gasteiger partial charge in [0.25, 0.3) is 5.69 Å². The predicted octanol–water partition coefficient (Wildman–Crippen LogP) is 4.00. The number of nitrogens with zero attached hydrogens (tertiary/aromatic N) is 1. The first-order valence-corrected chi connectivity index (χ1v) is 11.9. The Kier molecular flexibility index (Phi) is 6.78. The number of carbonyl (C=O) groups excluding carboxylic acids is 3. The summed E-state index contributed by atoms with van der Waals surface area (Å²) in [6.07, 6.45) is 3.72. The fraction of sp³-hybridized carbons (Fsp3) is 0.500. The number of dihydropyridines is 1. The lowest BCUT2D eigenvalue weighted by Gasteiger charge is -2.38. The van der Waals surface area contributed by atoms with Gasteiger partial charge in [0.2, 0.25) is 0 Å². The zero-order valence-corrected chi connectivity index (χ0v) is 20.4.